The van der Waals surface area contributed by atoms with Gasteiger partial charge in [-0.25, -0.2) is 14.8 Å². The van der Waals surface area contributed by atoms with Gasteiger partial charge in [0.1, 0.15) is 17.9 Å². The van der Waals surface area contributed by atoms with E-state index in [0.29, 0.717) is 6.61 Å². The Balaban J connectivity index is 1.48. The van der Waals surface area contributed by atoms with Crippen LogP contribution < -0.4 is 15.0 Å². The van der Waals surface area contributed by atoms with Gasteiger partial charge in [0.05, 0.1) is 28.8 Å². The Morgan fingerprint density at radius 1 is 1.19 bits per heavy atom. The van der Waals surface area contributed by atoms with E-state index in [4.69, 9.17) is 14.8 Å². The molecule has 1 aliphatic heterocycles. The third kappa shape index (κ3) is 3.79. The molecule has 1 fully saturated rings. The van der Waals surface area contributed by atoms with Crippen LogP contribution in [0.2, 0.25) is 0 Å². The molecule has 8 nitrogen and oxygen atoms in total. The second kappa shape index (κ2) is 8.37. The molecular formula is C24H25N5O3. The van der Waals surface area contributed by atoms with Crippen LogP contribution in [-0.4, -0.2) is 51.5 Å². The predicted molar refractivity (Wildman–Crippen MR) is 124 cm³/mol. The summed E-state index contributed by atoms with van der Waals surface area (Å²) in [6, 6.07) is 16.2. The van der Waals surface area contributed by atoms with E-state index in [1.165, 1.54) is 0 Å². The largest absolute Gasteiger partial charge is 0.494 e. The van der Waals surface area contributed by atoms with Crippen molar-refractivity contribution in [3.63, 3.8) is 0 Å². The number of hydrogen-bond acceptors (Lipinski definition) is 5. The van der Waals surface area contributed by atoms with Gasteiger partial charge in [0, 0.05) is 30.6 Å². The van der Waals surface area contributed by atoms with E-state index in [2.05, 4.69) is 33.4 Å². The number of carbonyl (C=O) groups is 1. The van der Waals surface area contributed by atoms with Crippen LogP contribution in [0.5, 0.6) is 5.75 Å². The van der Waals surface area contributed by atoms with E-state index < -0.39 is 6.09 Å². The van der Waals surface area contributed by atoms with Crippen molar-refractivity contribution >= 4 is 33.7 Å². The van der Waals surface area contributed by atoms with Crippen molar-refractivity contribution in [1.29, 1.82) is 0 Å². The molecule has 0 aliphatic carbocycles. The molecule has 2 aromatic heterocycles. The summed E-state index contributed by atoms with van der Waals surface area (Å²) in [4.78, 5) is 22.8. The predicted octanol–water partition coefficient (Wildman–Crippen LogP) is 4.21. The zero-order chi connectivity index (χ0) is 22.1. The maximum absolute atomic E-state index is 10.9. The molecule has 2 N–H and O–H groups in total. The smallest absolute Gasteiger partial charge is 0.404 e. The fourth-order valence-electron chi connectivity index (χ4n) is 4.38. The topological polar surface area (TPSA) is 92.5 Å². The Kier molecular flexibility index (Phi) is 5.26. The van der Waals surface area contributed by atoms with Crippen LogP contribution in [0.15, 0.2) is 54.9 Å². The van der Waals surface area contributed by atoms with Gasteiger partial charge in [0.25, 0.3) is 0 Å². The first-order valence-electron chi connectivity index (χ1n) is 10.9. The normalized spacial score (nSPS) is 14.7. The summed E-state index contributed by atoms with van der Waals surface area (Å²) in [5.41, 5.74) is 3.83. The standard InChI is InChI=1S/C24H25N5O3/c1-2-32-18-7-8-20-19(14-18)25-15-29(20)22-9-6-16-4-3-5-21(23(16)27-22)28-12-10-17(11-13-28)26-24(30)31/h3-9,14-15,17,26H,2,10-13H2,1H3,(H,30,31). The quantitative estimate of drug-likeness (QED) is 0.492. The van der Waals surface area contributed by atoms with Crippen molar-refractivity contribution in [2.75, 3.05) is 24.6 Å². The Hall–Kier alpha value is -3.81. The summed E-state index contributed by atoms with van der Waals surface area (Å²) in [5, 5.41) is 12.7. The molecule has 0 radical (unpaired) electrons. The van der Waals surface area contributed by atoms with Gasteiger partial charge in [-0.1, -0.05) is 12.1 Å². The van der Waals surface area contributed by atoms with Crippen molar-refractivity contribution < 1.29 is 14.6 Å². The number of fused-ring (bicyclic) bond motifs is 2. The summed E-state index contributed by atoms with van der Waals surface area (Å²) in [7, 11) is 0. The molecule has 5 rings (SSSR count). The molecule has 4 aromatic rings. The number of nitrogens with one attached hydrogen (secondary N) is 1. The SMILES string of the molecule is CCOc1ccc2c(c1)ncn2-c1ccc2cccc(N3CCC(NC(=O)O)CC3)c2n1. The Morgan fingerprint density at radius 2 is 2.03 bits per heavy atom. The molecular weight excluding hydrogens is 406 g/mol. The number of nitrogens with zero attached hydrogens (tertiary/aromatic N) is 4. The average molecular weight is 431 g/mol. The van der Waals surface area contributed by atoms with Crippen molar-refractivity contribution in [2.45, 2.75) is 25.8 Å². The molecule has 8 heteroatoms. The minimum absolute atomic E-state index is 0.00105. The molecule has 0 saturated carbocycles. The minimum atomic E-state index is -0.958. The number of imidazole rings is 1. The molecule has 1 aliphatic rings. The van der Waals surface area contributed by atoms with Gasteiger partial charge in [0.2, 0.25) is 0 Å². The molecule has 0 spiro atoms. The van der Waals surface area contributed by atoms with Gasteiger partial charge in [-0.05, 0) is 50.1 Å². The molecule has 0 atom stereocenters. The van der Waals surface area contributed by atoms with E-state index in [9.17, 15) is 4.79 Å². The zero-order valence-corrected chi connectivity index (χ0v) is 17.9. The van der Waals surface area contributed by atoms with Crippen molar-refractivity contribution in [3.8, 4) is 11.6 Å². The highest BCUT2D eigenvalue weighted by Gasteiger charge is 2.22. The van der Waals surface area contributed by atoms with Crippen LogP contribution in [0, 0.1) is 0 Å². The Labute approximate surface area is 185 Å². The molecule has 164 valence electrons. The number of anilines is 1. The van der Waals surface area contributed by atoms with Crippen molar-refractivity contribution in [3.05, 3.63) is 54.9 Å². The number of para-hydroxylation sites is 1. The lowest BCUT2D eigenvalue weighted by molar-refractivity contribution is 0.187. The molecule has 1 saturated heterocycles. The molecule has 32 heavy (non-hydrogen) atoms. The third-order valence-corrected chi connectivity index (χ3v) is 5.92. The molecule has 2 aromatic carbocycles. The van der Waals surface area contributed by atoms with E-state index in [1.54, 1.807) is 6.33 Å². The minimum Gasteiger partial charge on any atom is -0.494 e. The van der Waals surface area contributed by atoms with Crippen LogP contribution in [0.4, 0.5) is 10.5 Å². The number of carboxylic acid groups (broad SMARTS) is 1. The molecule has 0 bridgehead atoms. The van der Waals surface area contributed by atoms with Crippen LogP contribution >= 0.6 is 0 Å². The van der Waals surface area contributed by atoms with E-state index in [-0.39, 0.29) is 6.04 Å². The number of ether oxygens (including phenoxy) is 1. The zero-order valence-electron chi connectivity index (χ0n) is 17.9. The van der Waals surface area contributed by atoms with Crippen molar-refractivity contribution in [2.24, 2.45) is 0 Å². The lowest BCUT2D eigenvalue weighted by Gasteiger charge is -2.33. The highest BCUT2D eigenvalue weighted by molar-refractivity contribution is 5.92. The number of amides is 1. The van der Waals surface area contributed by atoms with E-state index >= 15 is 0 Å². The maximum atomic E-state index is 10.9. The van der Waals surface area contributed by atoms with Gasteiger partial charge >= 0.3 is 6.09 Å². The number of hydrogen-bond donors (Lipinski definition) is 2. The fraction of sp³-hybridized carbons (Fsp3) is 0.292. The van der Waals surface area contributed by atoms with Crippen molar-refractivity contribution in [1.82, 2.24) is 19.9 Å². The number of pyridine rings is 1. The Morgan fingerprint density at radius 3 is 2.81 bits per heavy atom. The fourth-order valence-corrected chi connectivity index (χ4v) is 4.38. The van der Waals surface area contributed by atoms with Gasteiger partial charge in [0.15, 0.2) is 0 Å². The highest BCUT2D eigenvalue weighted by Crippen LogP contribution is 2.30. The molecule has 1 amide bonds. The first-order chi connectivity index (χ1) is 15.6. The van der Waals surface area contributed by atoms with Gasteiger partial charge in [-0.15, -0.1) is 0 Å². The van der Waals surface area contributed by atoms with Gasteiger partial charge < -0.3 is 20.1 Å². The molecule has 3 heterocycles. The second-order valence-corrected chi connectivity index (χ2v) is 7.93. The maximum Gasteiger partial charge on any atom is 0.404 e. The lowest BCUT2D eigenvalue weighted by atomic mass is 10.0. The number of benzene rings is 2. The van der Waals surface area contributed by atoms with Crippen LogP contribution in [-0.2, 0) is 0 Å². The first kappa shape index (κ1) is 20.1. The number of piperidine rings is 1. The lowest BCUT2D eigenvalue weighted by Crippen LogP contribution is -2.44. The third-order valence-electron chi connectivity index (χ3n) is 5.92. The van der Waals surface area contributed by atoms with Gasteiger partial charge in [-0.2, -0.15) is 0 Å². The average Bonchev–Trinajstić information content (AvgIpc) is 3.22. The molecule has 0 unspecified atom stereocenters. The summed E-state index contributed by atoms with van der Waals surface area (Å²) >= 11 is 0. The van der Waals surface area contributed by atoms with E-state index in [1.807, 2.05) is 41.8 Å². The summed E-state index contributed by atoms with van der Waals surface area (Å²) in [6.07, 6.45) is 2.38. The second-order valence-electron chi connectivity index (χ2n) is 7.93. The summed E-state index contributed by atoms with van der Waals surface area (Å²) in [6.45, 7) is 4.14. The number of aromatic nitrogens is 3. The van der Waals surface area contributed by atoms with E-state index in [0.717, 1.165) is 65.1 Å². The number of rotatable bonds is 5. The highest BCUT2D eigenvalue weighted by atomic mass is 16.5. The monoisotopic (exact) mass is 431 g/mol. The Bertz CT molecular complexity index is 1280. The summed E-state index contributed by atoms with van der Waals surface area (Å²) < 4.78 is 7.58. The summed E-state index contributed by atoms with van der Waals surface area (Å²) in [5.74, 6) is 1.61. The van der Waals surface area contributed by atoms with Crippen LogP contribution in [0.1, 0.15) is 19.8 Å². The van der Waals surface area contributed by atoms with Crippen LogP contribution in [0.25, 0.3) is 27.8 Å². The van der Waals surface area contributed by atoms with Gasteiger partial charge in [-0.3, -0.25) is 4.57 Å². The first-order valence-corrected chi connectivity index (χ1v) is 10.9. The van der Waals surface area contributed by atoms with Crippen LogP contribution in [0.3, 0.4) is 0 Å².